The van der Waals surface area contributed by atoms with Gasteiger partial charge in [0.1, 0.15) is 0 Å². The van der Waals surface area contributed by atoms with Crippen LogP contribution < -0.4 is 4.90 Å². The van der Waals surface area contributed by atoms with Crippen molar-refractivity contribution in [1.82, 2.24) is 9.97 Å². The van der Waals surface area contributed by atoms with Crippen LogP contribution >= 0.6 is 0 Å². The maximum absolute atomic E-state index is 12.8. The van der Waals surface area contributed by atoms with Gasteiger partial charge in [-0.15, -0.1) is 0 Å². The van der Waals surface area contributed by atoms with E-state index in [0.717, 1.165) is 5.69 Å². The van der Waals surface area contributed by atoms with Crippen LogP contribution in [0, 0.1) is 6.92 Å². The molecule has 0 amide bonds. The van der Waals surface area contributed by atoms with Gasteiger partial charge < -0.3 is 9.88 Å². The Kier molecular flexibility index (Phi) is 1.75. The molecule has 0 radical (unpaired) electrons. The van der Waals surface area contributed by atoms with E-state index in [1.54, 1.807) is 11.1 Å². The molecular formula is C8H11F2N3. The van der Waals surface area contributed by atoms with Crippen molar-refractivity contribution in [1.29, 1.82) is 0 Å². The standard InChI is InChI=1S/C8H11F2N3/c1-6-4-11-7(12-6)13-3-2-8(9,10)5-13/h4H,2-3,5H2,1H3,(H,11,12). The molecule has 3 nitrogen and oxygen atoms in total. The van der Waals surface area contributed by atoms with Gasteiger partial charge in [-0.05, 0) is 6.92 Å². The normalized spacial score (nSPS) is 21.0. The number of nitrogens with one attached hydrogen (secondary N) is 1. The summed E-state index contributed by atoms with van der Waals surface area (Å²) in [6, 6.07) is 0. The highest BCUT2D eigenvalue weighted by Crippen LogP contribution is 2.28. The molecule has 1 aliphatic rings. The van der Waals surface area contributed by atoms with Gasteiger partial charge in [0, 0.05) is 24.9 Å². The third kappa shape index (κ3) is 1.64. The van der Waals surface area contributed by atoms with E-state index < -0.39 is 5.92 Å². The van der Waals surface area contributed by atoms with Crippen molar-refractivity contribution in [2.24, 2.45) is 0 Å². The second-order valence-corrected chi connectivity index (χ2v) is 3.42. The number of H-pyrrole nitrogens is 1. The van der Waals surface area contributed by atoms with Crippen molar-refractivity contribution in [3.8, 4) is 0 Å². The minimum atomic E-state index is -2.55. The Balaban J connectivity index is 2.12. The molecule has 13 heavy (non-hydrogen) atoms. The van der Waals surface area contributed by atoms with Gasteiger partial charge >= 0.3 is 0 Å². The van der Waals surface area contributed by atoms with E-state index >= 15 is 0 Å². The summed E-state index contributed by atoms with van der Waals surface area (Å²) < 4.78 is 25.6. The van der Waals surface area contributed by atoms with Gasteiger partial charge in [0.15, 0.2) is 0 Å². The number of halogens is 2. The lowest BCUT2D eigenvalue weighted by Crippen LogP contribution is -2.25. The number of aromatic nitrogens is 2. The highest BCUT2D eigenvalue weighted by Gasteiger charge is 2.39. The van der Waals surface area contributed by atoms with Crippen molar-refractivity contribution in [2.75, 3.05) is 18.0 Å². The van der Waals surface area contributed by atoms with Crippen molar-refractivity contribution in [3.05, 3.63) is 11.9 Å². The van der Waals surface area contributed by atoms with E-state index in [0.29, 0.717) is 12.5 Å². The van der Waals surface area contributed by atoms with E-state index in [1.807, 2.05) is 6.92 Å². The molecule has 1 N–H and O–H groups in total. The summed E-state index contributed by atoms with van der Waals surface area (Å²) in [6.45, 7) is 2.00. The molecule has 0 atom stereocenters. The molecule has 5 heteroatoms. The Morgan fingerprint density at radius 3 is 2.85 bits per heavy atom. The second kappa shape index (κ2) is 2.68. The number of alkyl halides is 2. The number of hydrogen-bond acceptors (Lipinski definition) is 2. The Morgan fingerprint density at radius 1 is 1.62 bits per heavy atom. The molecule has 1 aliphatic heterocycles. The average Bonchev–Trinajstić information content (AvgIpc) is 2.56. The van der Waals surface area contributed by atoms with Gasteiger partial charge in [0.25, 0.3) is 5.92 Å². The lowest BCUT2D eigenvalue weighted by atomic mass is 10.3. The largest absolute Gasteiger partial charge is 0.336 e. The minimum absolute atomic E-state index is 0.0766. The number of imidazole rings is 1. The molecule has 1 aromatic heterocycles. The Bertz CT molecular complexity index is 308. The van der Waals surface area contributed by atoms with Crippen molar-refractivity contribution >= 4 is 5.95 Å². The van der Waals surface area contributed by atoms with E-state index in [9.17, 15) is 8.78 Å². The Hall–Kier alpha value is -1.13. The molecular weight excluding hydrogens is 176 g/mol. The first-order chi connectivity index (χ1) is 6.07. The van der Waals surface area contributed by atoms with Gasteiger partial charge in [-0.1, -0.05) is 0 Å². The fraction of sp³-hybridized carbons (Fsp3) is 0.625. The van der Waals surface area contributed by atoms with Gasteiger partial charge in [0.05, 0.1) is 6.54 Å². The predicted octanol–water partition coefficient (Wildman–Crippen LogP) is 1.56. The topological polar surface area (TPSA) is 31.9 Å². The fourth-order valence-electron chi connectivity index (χ4n) is 1.48. The molecule has 0 aromatic carbocycles. The molecule has 2 heterocycles. The predicted molar refractivity (Wildman–Crippen MR) is 45.1 cm³/mol. The van der Waals surface area contributed by atoms with Crippen LogP contribution in [0.15, 0.2) is 6.20 Å². The number of aromatic amines is 1. The first-order valence-corrected chi connectivity index (χ1v) is 4.21. The summed E-state index contributed by atoms with van der Waals surface area (Å²) in [5.74, 6) is -2.00. The summed E-state index contributed by atoms with van der Waals surface area (Å²) >= 11 is 0. The Labute approximate surface area is 74.8 Å². The zero-order valence-electron chi connectivity index (χ0n) is 7.35. The summed E-state index contributed by atoms with van der Waals surface area (Å²) in [5, 5.41) is 0. The molecule has 0 spiro atoms. The monoisotopic (exact) mass is 187 g/mol. The van der Waals surface area contributed by atoms with E-state index in [2.05, 4.69) is 9.97 Å². The van der Waals surface area contributed by atoms with Crippen molar-refractivity contribution in [2.45, 2.75) is 19.3 Å². The zero-order valence-corrected chi connectivity index (χ0v) is 7.35. The summed E-state index contributed by atoms with van der Waals surface area (Å²) in [7, 11) is 0. The Morgan fingerprint density at radius 2 is 2.38 bits per heavy atom. The van der Waals surface area contributed by atoms with E-state index in [-0.39, 0.29) is 13.0 Å². The molecule has 2 rings (SSSR count). The summed E-state index contributed by atoms with van der Waals surface area (Å²) in [4.78, 5) is 8.51. The maximum Gasteiger partial charge on any atom is 0.267 e. The van der Waals surface area contributed by atoms with Crippen LogP contribution in [0.5, 0.6) is 0 Å². The van der Waals surface area contributed by atoms with Gasteiger partial charge in [0.2, 0.25) is 5.95 Å². The lowest BCUT2D eigenvalue weighted by molar-refractivity contribution is 0.0256. The molecule has 1 saturated heterocycles. The molecule has 1 aromatic rings. The number of rotatable bonds is 1. The third-order valence-corrected chi connectivity index (χ3v) is 2.16. The van der Waals surface area contributed by atoms with Gasteiger partial charge in [-0.3, -0.25) is 0 Å². The zero-order chi connectivity index (χ0) is 9.47. The fourth-order valence-corrected chi connectivity index (χ4v) is 1.48. The van der Waals surface area contributed by atoms with Crippen LogP contribution in [0.4, 0.5) is 14.7 Å². The number of nitrogens with zero attached hydrogens (tertiary/aromatic N) is 2. The maximum atomic E-state index is 12.8. The van der Waals surface area contributed by atoms with Crippen LogP contribution in [0.25, 0.3) is 0 Å². The van der Waals surface area contributed by atoms with Crippen LogP contribution in [0.3, 0.4) is 0 Å². The second-order valence-electron chi connectivity index (χ2n) is 3.42. The van der Waals surface area contributed by atoms with Gasteiger partial charge in [-0.25, -0.2) is 13.8 Å². The quantitative estimate of drug-likeness (QED) is 0.723. The van der Waals surface area contributed by atoms with E-state index in [4.69, 9.17) is 0 Å². The highest BCUT2D eigenvalue weighted by molar-refractivity contribution is 5.33. The molecule has 0 saturated carbocycles. The summed E-state index contributed by atoms with van der Waals surface area (Å²) in [6.07, 6.45) is 1.57. The molecule has 72 valence electrons. The van der Waals surface area contributed by atoms with Crippen LogP contribution in [0.1, 0.15) is 12.1 Å². The molecule has 0 bridgehead atoms. The third-order valence-electron chi connectivity index (χ3n) is 2.16. The van der Waals surface area contributed by atoms with Crippen LogP contribution in [-0.4, -0.2) is 29.0 Å². The SMILES string of the molecule is Cc1cnc(N2CCC(F)(F)C2)[nH]1. The van der Waals surface area contributed by atoms with Crippen LogP contribution in [0.2, 0.25) is 0 Å². The summed E-state index contributed by atoms with van der Waals surface area (Å²) in [5.41, 5.74) is 0.894. The molecule has 0 unspecified atom stereocenters. The first-order valence-electron chi connectivity index (χ1n) is 4.21. The average molecular weight is 187 g/mol. The van der Waals surface area contributed by atoms with Crippen LogP contribution in [-0.2, 0) is 0 Å². The minimum Gasteiger partial charge on any atom is -0.336 e. The molecule has 0 aliphatic carbocycles. The lowest BCUT2D eigenvalue weighted by Gasteiger charge is -2.13. The molecule has 1 fully saturated rings. The number of anilines is 1. The van der Waals surface area contributed by atoms with Crippen molar-refractivity contribution in [3.63, 3.8) is 0 Å². The highest BCUT2D eigenvalue weighted by atomic mass is 19.3. The van der Waals surface area contributed by atoms with Gasteiger partial charge in [-0.2, -0.15) is 0 Å². The van der Waals surface area contributed by atoms with E-state index in [1.165, 1.54) is 0 Å². The number of aryl methyl sites for hydroxylation is 1. The number of hydrogen-bond donors (Lipinski definition) is 1. The first kappa shape index (κ1) is 8.47. The smallest absolute Gasteiger partial charge is 0.267 e. The van der Waals surface area contributed by atoms with Crippen molar-refractivity contribution < 1.29 is 8.78 Å².